The summed E-state index contributed by atoms with van der Waals surface area (Å²) in [4.78, 5) is 18.1. The first-order valence-corrected chi connectivity index (χ1v) is 8.61. The fourth-order valence-corrected chi connectivity index (χ4v) is 3.69. The molecule has 0 atom stereocenters. The summed E-state index contributed by atoms with van der Waals surface area (Å²) in [6.07, 6.45) is 0. The largest absolute Gasteiger partial charge is 0.497 e. The predicted octanol–water partition coefficient (Wildman–Crippen LogP) is 4.43. The number of benzene rings is 2. The van der Waals surface area contributed by atoms with Gasteiger partial charge in [-0.2, -0.15) is 0 Å². The number of halogens is 1. The van der Waals surface area contributed by atoms with Crippen molar-refractivity contribution >= 4 is 49.7 Å². The summed E-state index contributed by atoms with van der Waals surface area (Å²) < 4.78 is 19.0. The van der Waals surface area contributed by atoms with E-state index in [4.69, 9.17) is 10.5 Å². The molecule has 0 saturated heterocycles. The lowest BCUT2D eigenvalue weighted by Crippen LogP contribution is -2.12. The second-order valence-electron chi connectivity index (χ2n) is 5.68. The van der Waals surface area contributed by atoms with Crippen LogP contribution in [0.4, 0.5) is 15.8 Å². The fraction of sp³-hybridized carbons (Fsp3) is 0.0526. The minimum atomic E-state index is -0.503. The fourth-order valence-electron chi connectivity index (χ4n) is 2.71. The van der Waals surface area contributed by atoms with E-state index in [1.165, 1.54) is 23.5 Å². The van der Waals surface area contributed by atoms with Gasteiger partial charge in [0.25, 0.3) is 5.91 Å². The molecule has 0 unspecified atom stereocenters. The van der Waals surface area contributed by atoms with Crippen LogP contribution in [-0.4, -0.2) is 18.0 Å². The topological polar surface area (TPSA) is 77.2 Å². The Morgan fingerprint density at radius 2 is 2.04 bits per heavy atom. The van der Waals surface area contributed by atoms with Crippen LogP contribution in [0.15, 0.2) is 48.5 Å². The Morgan fingerprint density at radius 1 is 1.23 bits per heavy atom. The van der Waals surface area contributed by atoms with Crippen molar-refractivity contribution in [3.05, 3.63) is 59.2 Å². The number of pyridine rings is 1. The molecular formula is C19H14FN3O2S. The standard InChI is InChI=1S/C19H14FN3O2S/c1-25-11-7-6-10-8-12-16(21)17(26-19(12)23-15(10)9-11)18(24)22-14-5-3-2-4-13(14)20/h2-9H,21H2,1H3,(H,22,24). The van der Waals surface area contributed by atoms with Crippen LogP contribution in [0.2, 0.25) is 0 Å². The van der Waals surface area contributed by atoms with Crippen LogP contribution < -0.4 is 15.8 Å². The molecule has 5 nitrogen and oxygen atoms in total. The van der Waals surface area contributed by atoms with Crippen LogP contribution in [0.25, 0.3) is 21.1 Å². The first-order valence-electron chi connectivity index (χ1n) is 7.79. The number of rotatable bonds is 3. The average molecular weight is 367 g/mol. The van der Waals surface area contributed by atoms with Crippen molar-refractivity contribution in [1.29, 1.82) is 0 Å². The summed E-state index contributed by atoms with van der Waals surface area (Å²) >= 11 is 1.17. The molecule has 0 aliphatic rings. The van der Waals surface area contributed by atoms with Crippen molar-refractivity contribution in [2.45, 2.75) is 0 Å². The highest BCUT2D eigenvalue weighted by atomic mass is 32.1. The summed E-state index contributed by atoms with van der Waals surface area (Å²) in [6.45, 7) is 0. The van der Waals surface area contributed by atoms with E-state index < -0.39 is 11.7 Å². The zero-order chi connectivity index (χ0) is 18.3. The van der Waals surface area contributed by atoms with Gasteiger partial charge in [-0.3, -0.25) is 4.79 Å². The van der Waals surface area contributed by atoms with Gasteiger partial charge in [-0.05, 0) is 30.3 Å². The number of hydrogen-bond acceptors (Lipinski definition) is 5. The minimum absolute atomic E-state index is 0.109. The van der Waals surface area contributed by atoms with Gasteiger partial charge in [-0.1, -0.05) is 12.1 Å². The van der Waals surface area contributed by atoms with Gasteiger partial charge in [0.15, 0.2) is 0 Å². The second-order valence-corrected chi connectivity index (χ2v) is 6.68. The highest BCUT2D eigenvalue weighted by molar-refractivity contribution is 7.21. The number of amides is 1. The van der Waals surface area contributed by atoms with Crippen LogP contribution in [0.3, 0.4) is 0 Å². The number of nitrogen functional groups attached to an aromatic ring is 1. The summed E-state index contributed by atoms with van der Waals surface area (Å²) in [5.41, 5.74) is 7.36. The van der Waals surface area contributed by atoms with Gasteiger partial charge < -0.3 is 15.8 Å². The predicted molar refractivity (Wildman–Crippen MR) is 102 cm³/mol. The van der Waals surface area contributed by atoms with E-state index in [1.807, 2.05) is 24.3 Å². The molecular weight excluding hydrogens is 353 g/mol. The number of methoxy groups -OCH3 is 1. The van der Waals surface area contributed by atoms with E-state index in [0.29, 0.717) is 26.5 Å². The molecule has 0 fully saturated rings. The van der Waals surface area contributed by atoms with E-state index in [0.717, 1.165) is 10.9 Å². The first-order chi connectivity index (χ1) is 12.6. The molecule has 4 rings (SSSR count). The second kappa shape index (κ2) is 6.27. The van der Waals surface area contributed by atoms with E-state index in [9.17, 15) is 9.18 Å². The lowest BCUT2D eigenvalue weighted by molar-refractivity contribution is 0.103. The van der Waals surface area contributed by atoms with Crippen LogP contribution >= 0.6 is 11.3 Å². The molecule has 0 saturated carbocycles. The van der Waals surface area contributed by atoms with Crippen molar-refractivity contribution in [1.82, 2.24) is 4.98 Å². The van der Waals surface area contributed by atoms with Gasteiger partial charge >= 0.3 is 0 Å². The number of ether oxygens (including phenoxy) is 1. The van der Waals surface area contributed by atoms with Gasteiger partial charge in [0, 0.05) is 16.8 Å². The first kappa shape index (κ1) is 16.3. The zero-order valence-electron chi connectivity index (χ0n) is 13.7. The van der Waals surface area contributed by atoms with E-state index in [1.54, 1.807) is 19.2 Å². The van der Waals surface area contributed by atoms with Crippen molar-refractivity contribution in [2.75, 3.05) is 18.2 Å². The average Bonchev–Trinajstić information content (AvgIpc) is 2.97. The monoisotopic (exact) mass is 367 g/mol. The summed E-state index contributed by atoms with van der Waals surface area (Å²) in [7, 11) is 1.59. The Bertz CT molecular complexity index is 1160. The Hall–Kier alpha value is -3.19. The number of hydrogen-bond donors (Lipinski definition) is 2. The van der Waals surface area contributed by atoms with Crippen molar-refractivity contribution in [3.8, 4) is 5.75 Å². The van der Waals surface area contributed by atoms with Crippen LogP contribution in [0.5, 0.6) is 5.75 Å². The number of nitrogens with two attached hydrogens (primary N) is 1. The van der Waals surface area contributed by atoms with E-state index in [2.05, 4.69) is 10.3 Å². The highest BCUT2D eigenvalue weighted by Crippen LogP contribution is 2.35. The molecule has 1 amide bonds. The molecule has 3 N–H and O–H groups in total. The van der Waals surface area contributed by atoms with Crippen molar-refractivity contribution < 1.29 is 13.9 Å². The molecule has 0 aliphatic carbocycles. The number of aromatic nitrogens is 1. The Labute approximate surface area is 152 Å². The van der Waals surface area contributed by atoms with Crippen LogP contribution in [0.1, 0.15) is 9.67 Å². The van der Waals surface area contributed by atoms with Gasteiger partial charge in [-0.25, -0.2) is 9.37 Å². The van der Waals surface area contributed by atoms with Crippen LogP contribution in [-0.2, 0) is 0 Å². The van der Waals surface area contributed by atoms with Gasteiger partial charge in [0.1, 0.15) is 21.3 Å². The maximum atomic E-state index is 13.8. The molecule has 2 aromatic carbocycles. The summed E-state index contributed by atoms with van der Waals surface area (Å²) in [6, 6.07) is 13.4. The lowest BCUT2D eigenvalue weighted by Gasteiger charge is -2.05. The molecule has 0 aliphatic heterocycles. The zero-order valence-corrected chi connectivity index (χ0v) is 14.6. The number of carbonyl (C=O) groups excluding carboxylic acids is 1. The third-order valence-electron chi connectivity index (χ3n) is 4.05. The molecule has 0 spiro atoms. The van der Waals surface area contributed by atoms with Gasteiger partial charge in [0.05, 0.1) is 24.0 Å². The highest BCUT2D eigenvalue weighted by Gasteiger charge is 2.19. The molecule has 2 aromatic heterocycles. The third-order valence-corrected chi connectivity index (χ3v) is 5.17. The molecule has 7 heteroatoms. The molecule has 2 heterocycles. The Balaban J connectivity index is 1.78. The Morgan fingerprint density at radius 3 is 2.81 bits per heavy atom. The lowest BCUT2D eigenvalue weighted by atomic mass is 10.1. The Kier molecular flexibility index (Phi) is 3.93. The molecule has 26 heavy (non-hydrogen) atoms. The molecule has 0 radical (unpaired) electrons. The number of nitrogens with one attached hydrogen (secondary N) is 1. The summed E-state index contributed by atoms with van der Waals surface area (Å²) in [5.74, 6) is -0.264. The molecule has 4 aromatic rings. The minimum Gasteiger partial charge on any atom is -0.497 e. The van der Waals surface area contributed by atoms with Crippen molar-refractivity contribution in [3.63, 3.8) is 0 Å². The number of nitrogens with zero attached hydrogens (tertiary/aromatic N) is 1. The molecule has 0 bridgehead atoms. The maximum Gasteiger partial charge on any atom is 0.268 e. The number of anilines is 2. The van der Waals surface area contributed by atoms with E-state index in [-0.39, 0.29) is 5.69 Å². The quantitative estimate of drug-likeness (QED) is 0.561. The number of fused-ring (bicyclic) bond motifs is 2. The normalized spacial score (nSPS) is 11.0. The third kappa shape index (κ3) is 2.72. The van der Waals surface area contributed by atoms with Gasteiger partial charge in [-0.15, -0.1) is 11.3 Å². The number of thiophene rings is 1. The van der Waals surface area contributed by atoms with Crippen LogP contribution in [0, 0.1) is 5.82 Å². The van der Waals surface area contributed by atoms with Crippen molar-refractivity contribution in [2.24, 2.45) is 0 Å². The van der Waals surface area contributed by atoms with Gasteiger partial charge in [0.2, 0.25) is 0 Å². The smallest absolute Gasteiger partial charge is 0.268 e. The maximum absolute atomic E-state index is 13.8. The number of carbonyl (C=O) groups is 1. The molecule has 130 valence electrons. The summed E-state index contributed by atoms with van der Waals surface area (Å²) in [5, 5.41) is 4.15. The van der Waals surface area contributed by atoms with E-state index >= 15 is 0 Å². The SMILES string of the molecule is COc1ccc2cc3c(N)c(C(=O)Nc4ccccc4F)sc3nc2c1. The number of para-hydroxylation sites is 1.